The van der Waals surface area contributed by atoms with Crippen LogP contribution in [0, 0.1) is 5.41 Å². The summed E-state index contributed by atoms with van der Waals surface area (Å²) in [5.41, 5.74) is 0.221. The van der Waals surface area contributed by atoms with Crippen molar-refractivity contribution in [2.24, 2.45) is 5.41 Å². The van der Waals surface area contributed by atoms with E-state index in [-0.39, 0.29) is 5.41 Å². The molecule has 0 aromatic carbocycles. The molecule has 0 aliphatic carbocycles. The van der Waals surface area contributed by atoms with Gasteiger partial charge in [0.05, 0.1) is 18.6 Å². The van der Waals surface area contributed by atoms with E-state index in [9.17, 15) is 4.79 Å². The molecule has 0 saturated carbocycles. The third-order valence-corrected chi connectivity index (χ3v) is 2.14. The molecule has 2 aliphatic rings. The number of hydrogen-bond acceptors (Lipinski definition) is 2. The summed E-state index contributed by atoms with van der Waals surface area (Å²) in [4.78, 5) is 11.7. The molecule has 10 heavy (non-hydrogen) atoms. The Morgan fingerprint density at radius 3 is 2.40 bits per heavy atom. The summed E-state index contributed by atoms with van der Waals surface area (Å²) in [6.07, 6.45) is -0.808. The van der Waals surface area contributed by atoms with Crippen LogP contribution in [-0.4, -0.2) is 42.4 Å². The summed E-state index contributed by atoms with van der Waals surface area (Å²) in [6.45, 7) is 2.83. The molecule has 0 radical (unpaired) electrons. The second kappa shape index (κ2) is 1.63. The lowest BCUT2D eigenvalue weighted by atomic mass is 9.78. The highest BCUT2D eigenvalue weighted by atomic mass is 16.5. The average molecular weight is 143 g/mol. The second-order valence-electron chi connectivity index (χ2n) is 3.13. The van der Waals surface area contributed by atoms with E-state index < -0.39 is 6.09 Å². The zero-order valence-corrected chi connectivity index (χ0v) is 5.54. The number of carboxylic acid groups (broad SMARTS) is 1. The zero-order valence-electron chi connectivity index (χ0n) is 5.54. The standard InChI is InChI=1S/C6H9NO3/c8-5(9)7-1-6(2-7)3-10-4-6/h1-4H2,(H,8,9). The monoisotopic (exact) mass is 143 g/mol. The molecule has 4 nitrogen and oxygen atoms in total. The van der Waals surface area contributed by atoms with Gasteiger partial charge in [-0.1, -0.05) is 0 Å². The Hall–Kier alpha value is -0.770. The molecule has 2 saturated heterocycles. The molecule has 56 valence electrons. The predicted octanol–water partition coefficient (Wildman–Crippen LogP) is -0.00340. The minimum atomic E-state index is -0.808. The molecule has 0 aromatic rings. The van der Waals surface area contributed by atoms with E-state index in [1.165, 1.54) is 4.90 Å². The Morgan fingerprint density at radius 2 is 2.10 bits per heavy atom. The summed E-state index contributed by atoms with van der Waals surface area (Å²) < 4.78 is 4.99. The highest BCUT2D eigenvalue weighted by molar-refractivity contribution is 5.66. The largest absolute Gasteiger partial charge is 0.465 e. The average Bonchev–Trinajstić information content (AvgIpc) is 1.54. The van der Waals surface area contributed by atoms with Crippen LogP contribution in [-0.2, 0) is 4.74 Å². The van der Waals surface area contributed by atoms with Gasteiger partial charge in [0, 0.05) is 13.1 Å². The maximum absolute atomic E-state index is 10.3. The van der Waals surface area contributed by atoms with Crippen molar-refractivity contribution in [2.45, 2.75) is 0 Å². The van der Waals surface area contributed by atoms with Crippen LogP contribution in [0.1, 0.15) is 0 Å². The first-order valence-corrected chi connectivity index (χ1v) is 3.28. The van der Waals surface area contributed by atoms with Gasteiger partial charge in [0.15, 0.2) is 0 Å². The highest BCUT2D eigenvalue weighted by Gasteiger charge is 2.50. The molecular weight excluding hydrogens is 134 g/mol. The summed E-state index contributed by atoms with van der Waals surface area (Å²) in [7, 11) is 0. The number of carbonyl (C=O) groups is 1. The van der Waals surface area contributed by atoms with Crippen molar-refractivity contribution < 1.29 is 14.6 Å². The number of likely N-dealkylation sites (tertiary alicyclic amines) is 1. The fraction of sp³-hybridized carbons (Fsp3) is 0.833. The van der Waals surface area contributed by atoms with Gasteiger partial charge in [-0.3, -0.25) is 0 Å². The lowest BCUT2D eigenvalue weighted by Gasteiger charge is -2.53. The first-order valence-electron chi connectivity index (χ1n) is 3.28. The molecule has 1 spiro atoms. The van der Waals surface area contributed by atoms with E-state index in [1.807, 2.05) is 0 Å². The smallest absolute Gasteiger partial charge is 0.407 e. The Labute approximate surface area is 58.4 Å². The van der Waals surface area contributed by atoms with Gasteiger partial charge in [-0.15, -0.1) is 0 Å². The van der Waals surface area contributed by atoms with Crippen LogP contribution in [0.15, 0.2) is 0 Å². The third kappa shape index (κ3) is 0.623. The highest BCUT2D eigenvalue weighted by Crippen LogP contribution is 2.37. The number of amides is 1. The Balaban J connectivity index is 1.88. The summed E-state index contributed by atoms with van der Waals surface area (Å²) in [5, 5.41) is 8.47. The first-order chi connectivity index (χ1) is 4.72. The van der Waals surface area contributed by atoms with Gasteiger partial charge in [0.25, 0.3) is 0 Å². The van der Waals surface area contributed by atoms with E-state index >= 15 is 0 Å². The van der Waals surface area contributed by atoms with Crippen molar-refractivity contribution >= 4 is 6.09 Å². The van der Waals surface area contributed by atoms with Crippen molar-refractivity contribution in [3.05, 3.63) is 0 Å². The summed E-state index contributed by atoms with van der Waals surface area (Å²) >= 11 is 0. The predicted molar refractivity (Wildman–Crippen MR) is 32.8 cm³/mol. The molecule has 2 heterocycles. The lowest BCUT2D eigenvalue weighted by molar-refractivity contribution is -0.178. The minimum Gasteiger partial charge on any atom is -0.465 e. The van der Waals surface area contributed by atoms with E-state index in [2.05, 4.69) is 0 Å². The van der Waals surface area contributed by atoms with E-state index in [0.717, 1.165) is 13.2 Å². The fourth-order valence-corrected chi connectivity index (χ4v) is 1.47. The number of hydrogen-bond donors (Lipinski definition) is 1. The molecular formula is C6H9NO3. The maximum atomic E-state index is 10.3. The quantitative estimate of drug-likeness (QED) is 0.519. The molecule has 4 heteroatoms. The maximum Gasteiger partial charge on any atom is 0.407 e. The molecule has 1 amide bonds. The van der Waals surface area contributed by atoms with Crippen molar-refractivity contribution in [2.75, 3.05) is 26.3 Å². The Morgan fingerprint density at radius 1 is 1.50 bits per heavy atom. The zero-order chi connectivity index (χ0) is 7.19. The van der Waals surface area contributed by atoms with Crippen LogP contribution in [0.4, 0.5) is 4.79 Å². The van der Waals surface area contributed by atoms with Gasteiger partial charge in [0.2, 0.25) is 0 Å². The van der Waals surface area contributed by atoms with Crippen molar-refractivity contribution in [3.8, 4) is 0 Å². The molecule has 2 fully saturated rings. The van der Waals surface area contributed by atoms with Crippen molar-refractivity contribution in [1.82, 2.24) is 4.90 Å². The Bertz CT molecular complexity index is 168. The normalized spacial score (nSPS) is 27.4. The number of rotatable bonds is 0. The summed E-state index contributed by atoms with van der Waals surface area (Å²) in [6, 6.07) is 0. The second-order valence-corrected chi connectivity index (χ2v) is 3.13. The van der Waals surface area contributed by atoms with Crippen LogP contribution in [0.25, 0.3) is 0 Å². The minimum absolute atomic E-state index is 0.221. The van der Waals surface area contributed by atoms with Gasteiger partial charge < -0.3 is 14.7 Å². The van der Waals surface area contributed by atoms with Gasteiger partial charge >= 0.3 is 6.09 Å². The SMILES string of the molecule is O=C(O)N1CC2(COC2)C1. The van der Waals surface area contributed by atoms with Crippen LogP contribution in [0.5, 0.6) is 0 Å². The van der Waals surface area contributed by atoms with Crippen LogP contribution in [0.3, 0.4) is 0 Å². The van der Waals surface area contributed by atoms with Crippen molar-refractivity contribution in [3.63, 3.8) is 0 Å². The van der Waals surface area contributed by atoms with Crippen LogP contribution >= 0.6 is 0 Å². The topological polar surface area (TPSA) is 49.8 Å². The van der Waals surface area contributed by atoms with Gasteiger partial charge in [-0.25, -0.2) is 4.79 Å². The summed E-state index contributed by atoms with van der Waals surface area (Å²) in [5.74, 6) is 0. The van der Waals surface area contributed by atoms with E-state index in [0.29, 0.717) is 13.1 Å². The third-order valence-electron chi connectivity index (χ3n) is 2.14. The molecule has 2 aliphatic heterocycles. The molecule has 0 aromatic heterocycles. The van der Waals surface area contributed by atoms with Gasteiger partial charge in [-0.05, 0) is 0 Å². The molecule has 0 atom stereocenters. The Kier molecular flexibility index (Phi) is 0.976. The van der Waals surface area contributed by atoms with E-state index in [4.69, 9.17) is 9.84 Å². The number of ether oxygens (including phenoxy) is 1. The molecule has 0 unspecified atom stereocenters. The fourth-order valence-electron chi connectivity index (χ4n) is 1.47. The molecule has 1 N–H and O–H groups in total. The molecule has 2 rings (SSSR count). The van der Waals surface area contributed by atoms with Gasteiger partial charge in [0.1, 0.15) is 0 Å². The van der Waals surface area contributed by atoms with Crippen LogP contribution < -0.4 is 0 Å². The van der Waals surface area contributed by atoms with Crippen LogP contribution in [0.2, 0.25) is 0 Å². The van der Waals surface area contributed by atoms with Gasteiger partial charge in [-0.2, -0.15) is 0 Å². The molecule has 0 bridgehead atoms. The van der Waals surface area contributed by atoms with E-state index in [1.54, 1.807) is 0 Å². The first kappa shape index (κ1) is 5.97. The lowest BCUT2D eigenvalue weighted by Crippen LogP contribution is -2.66. The van der Waals surface area contributed by atoms with Crippen molar-refractivity contribution in [1.29, 1.82) is 0 Å². The number of nitrogens with zero attached hydrogens (tertiary/aromatic N) is 1.